The Bertz CT molecular complexity index is 1970. The highest BCUT2D eigenvalue weighted by atomic mass is 35.5. The monoisotopic (exact) mass is 761 g/mol. The average Bonchev–Trinajstić information content (AvgIpc) is 3.17. The lowest BCUT2D eigenvalue weighted by Crippen LogP contribution is -2.59. The molecule has 10 heteroatoms. The normalized spacial score (nSPS) is 21.1. The number of piperidine rings is 2. The van der Waals surface area contributed by atoms with Gasteiger partial charge in [-0.25, -0.2) is 9.37 Å². The van der Waals surface area contributed by atoms with E-state index < -0.39 is 5.82 Å². The van der Waals surface area contributed by atoms with Gasteiger partial charge in [-0.1, -0.05) is 69.0 Å². The van der Waals surface area contributed by atoms with Gasteiger partial charge in [0.1, 0.15) is 23.3 Å². The number of aromatic nitrogens is 1. The van der Waals surface area contributed by atoms with Gasteiger partial charge in [-0.15, -0.1) is 0 Å². The van der Waals surface area contributed by atoms with Crippen LogP contribution in [0.25, 0.3) is 0 Å². The first-order valence-corrected chi connectivity index (χ1v) is 20.2. The van der Waals surface area contributed by atoms with Gasteiger partial charge in [-0.3, -0.25) is 9.59 Å². The second kappa shape index (κ2) is 17.3. The molecule has 55 heavy (non-hydrogen) atoms. The zero-order valence-electron chi connectivity index (χ0n) is 32.6. The summed E-state index contributed by atoms with van der Waals surface area (Å²) in [5.74, 6) is 7.75. The summed E-state index contributed by atoms with van der Waals surface area (Å²) in [6.45, 7) is 13.9. The van der Waals surface area contributed by atoms with Crippen LogP contribution in [-0.4, -0.2) is 67.6 Å². The van der Waals surface area contributed by atoms with E-state index in [0.717, 1.165) is 113 Å². The summed E-state index contributed by atoms with van der Waals surface area (Å²) in [5.41, 5.74) is 4.50. The largest absolute Gasteiger partial charge is 0.507 e. The van der Waals surface area contributed by atoms with Crippen LogP contribution in [0, 0.1) is 57.6 Å². The van der Waals surface area contributed by atoms with Crippen LogP contribution in [0.3, 0.4) is 0 Å². The molecular weight excluding hydrogens is 710 g/mol. The topological polar surface area (TPSA) is 97.5 Å². The number of phenolic OH excluding ortho intramolecular Hbond substituents is 1. The van der Waals surface area contributed by atoms with E-state index in [2.05, 4.69) is 57.8 Å². The molecule has 2 aromatic carbocycles. The molecule has 1 radical (unpaired) electrons. The molecule has 0 atom stereocenters. The quantitative estimate of drug-likeness (QED) is 0.0859. The molecule has 3 aromatic rings. The highest BCUT2D eigenvalue weighted by Gasteiger charge is 2.60. The number of aromatic hydroxyl groups is 1. The minimum atomic E-state index is -0.498. The van der Waals surface area contributed by atoms with E-state index in [4.69, 9.17) is 16.6 Å². The fourth-order valence-corrected chi connectivity index (χ4v) is 10.2. The molecule has 7 nitrogen and oxygen atoms in total. The zero-order valence-corrected chi connectivity index (χ0v) is 33.3. The van der Waals surface area contributed by atoms with Crippen molar-refractivity contribution in [2.24, 2.45) is 28.6 Å². The molecule has 1 aromatic heterocycles. The Balaban J connectivity index is 0.946. The van der Waals surface area contributed by atoms with E-state index >= 15 is 0 Å². The van der Waals surface area contributed by atoms with Gasteiger partial charge in [-0.2, -0.15) is 5.26 Å². The van der Waals surface area contributed by atoms with Crippen molar-refractivity contribution in [1.29, 1.82) is 5.26 Å². The summed E-state index contributed by atoms with van der Waals surface area (Å²) in [7, 11) is 2.32. The first-order valence-electron chi connectivity index (χ1n) is 19.8. The van der Waals surface area contributed by atoms with E-state index in [9.17, 15) is 24.3 Å². The van der Waals surface area contributed by atoms with E-state index in [1.54, 1.807) is 6.07 Å². The predicted molar refractivity (Wildman–Crippen MR) is 218 cm³/mol. The molecule has 1 N–H and O–H groups in total. The van der Waals surface area contributed by atoms with Gasteiger partial charge >= 0.3 is 0 Å². The number of nitriles is 1. The third-order valence-electron chi connectivity index (χ3n) is 12.9. The Kier molecular flexibility index (Phi) is 12.7. The fourth-order valence-electron chi connectivity index (χ4n) is 9.94. The molecule has 287 valence electrons. The van der Waals surface area contributed by atoms with Crippen LogP contribution < -0.4 is 10.4 Å². The molecule has 0 bridgehead atoms. The van der Waals surface area contributed by atoms with Gasteiger partial charge in [0.25, 0.3) is 0 Å². The number of pyridine rings is 1. The number of likely N-dealkylation sites (tertiary alicyclic amines) is 1. The van der Waals surface area contributed by atoms with Crippen LogP contribution >= 0.6 is 11.6 Å². The van der Waals surface area contributed by atoms with E-state index in [-0.39, 0.29) is 22.1 Å². The maximum Gasteiger partial charge on any atom is 0.156 e. The highest BCUT2D eigenvalue weighted by Crippen LogP contribution is 2.68. The number of aldehydes is 2. The first-order chi connectivity index (χ1) is 26.3. The van der Waals surface area contributed by atoms with Crippen molar-refractivity contribution in [3.63, 3.8) is 0 Å². The van der Waals surface area contributed by atoms with Gasteiger partial charge in [0.2, 0.25) is 0 Å². The lowest BCUT2D eigenvalue weighted by atomic mass is 9.29. The van der Waals surface area contributed by atoms with Crippen LogP contribution in [0.1, 0.15) is 110 Å². The van der Waals surface area contributed by atoms with Crippen LogP contribution in [0.15, 0.2) is 42.5 Å². The van der Waals surface area contributed by atoms with Crippen molar-refractivity contribution < 1.29 is 19.1 Å². The van der Waals surface area contributed by atoms with Crippen LogP contribution in [0.2, 0.25) is 10.8 Å². The number of phenols is 1. The third kappa shape index (κ3) is 9.11. The Labute approximate surface area is 331 Å². The minimum Gasteiger partial charge on any atom is -0.507 e. The van der Waals surface area contributed by atoms with Gasteiger partial charge < -0.3 is 14.9 Å². The summed E-state index contributed by atoms with van der Waals surface area (Å²) in [6.07, 6.45) is 9.25. The summed E-state index contributed by atoms with van der Waals surface area (Å²) < 4.78 is 14.5. The lowest BCUT2D eigenvalue weighted by molar-refractivity contribution is -0.0843. The Morgan fingerprint density at radius 1 is 0.964 bits per heavy atom. The molecule has 2 saturated heterocycles. The van der Waals surface area contributed by atoms with Crippen LogP contribution in [-0.2, 0) is 6.42 Å². The number of aryl methyl sites for hydroxylation is 1. The van der Waals surface area contributed by atoms with Crippen molar-refractivity contribution in [2.75, 3.05) is 37.6 Å². The van der Waals surface area contributed by atoms with Gasteiger partial charge in [-0.05, 0) is 117 Å². The number of halogens is 2. The fraction of sp³-hybridized carbons (Fsp3) is 0.511. The molecule has 1 saturated carbocycles. The number of hydrogen-bond acceptors (Lipinski definition) is 7. The maximum absolute atomic E-state index is 14.5. The van der Waals surface area contributed by atoms with Crippen LogP contribution in [0.5, 0.6) is 5.75 Å². The Morgan fingerprint density at radius 2 is 1.67 bits per heavy atom. The SMILES string of the molecule is CC1(C)C([B]c2ccc(C#N)c(Cl)c2)C(C)(C)C1CCCCc1nc(C#CC2CCN(CC3CCN(c4cc(C=O)c(O)cc4F)CC3)CC2)ccc1C=O. The van der Waals surface area contributed by atoms with Crippen molar-refractivity contribution in [1.82, 2.24) is 9.88 Å². The molecule has 1 aliphatic carbocycles. The highest BCUT2D eigenvalue weighted by molar-refractivity contribution is 6.56. The number of anilines is 1. The zero-order chi connectivity index (χ0) is 39.3. The number of rotatable bonds is 12. The van der Waals surface area contributed by atoms with Crippen molar-refractivity contribution >= 4 is 42.6 Å². The smallest absolute Gasteiger partial charge is 0.156 e. The van der Waals surface area contributed by atoms with E-state index in [0.29, 0.717) is 51.7 Å². The Morgan fingerprint density at radius 3 is 2.33 bits per heavy atom. The lowest BCUT2D eigenvalue weighted by Gasteiger charge is -2.65. The summed E-state index contributed by atoms with van der Waals surface area (Å²) in [6, 6.07) is 14.0. The number of hydrogen-bond donors (Lipinski definition) is 1. The molecule has 3 aliphatic rings. The maximum atomic E-state index is 14.5. The predicted octanol–water partition coefficient (Wildman–Crippen LogP) is 8.27. The number of carbonyl (C=O) groups excluding carboxylic acids is 2. The number of nitrogens with zero attached hydrogens (tertiary/aromatic N) is 4. The van der Waals surface area contributed by atoms with E-state index in [1.807, 2.05) is 29.2 Å². The van der Waals surface area contributed by atoms with Gasteiger partial charge in [0, 0.05) is 37.2 Å². The van der Waals surface area contributed by atoms with Gasteiger partial charge in [0.05, 0.1) is 27.5 Å². The molecule has 0 spiro atoms. The third-order valence-corrected chi connectivity index (χ3v) is 13.2. The second-order valence-electron chi connectivity index (χ2n) is 17.0. The van der Waals surface area contributed by atoms with Gasteiger partial charge in [0.15, 0.2) is 19.9 Å². The molecular formula is C45H52BClFN4O3. The van der Waals surface area contributed by atoms with Crippen molar-refractivity contribution in [3.05, 3.63) is 81.4 Å². The first kappa shape index (κ1) is 40.5. The summed E-state index contributed by atoms with van der Waals surface area (Å²) >= 11 is 6.33. The standard InChI is InChI=1S/C45H52BClFN4O3/c1-44(2)42(45(3,4)43(44)46-35-12-10-32(26-49)37(47)24-35)8-6-5-7-39-33(28-53)11-14-36(50-39)13-9-30-15-19-51(20-16-30)27-31-17-21-52(22-18-31)40-23-34(29-54)41(55)25-38(40)48/h10-12,14,23-25,28-31,42-43,55H,5-8,15-22,27H2,1-4H3. The van der Waals surface area contributed by atoms with Crippen molar-refractivity contribution in [2.45, 2.75) is 84.9 Å². The molecule has 2 aliphatic heterocycles. The molecule has 6 rings (SSSR count). The average molecular weight is 762 g/mol. The summed E-state index contributed by atoms with van der Waals surface area (Å²) in [4.78, 5) is 32.5. The van der Waals surface area contributed by atoms with Crippen molar-refractivity contribution in [3.8, 4) is 23.7 Å². The molecule has 0 amide bonds. The summed E-state index contributed by atoms with van der Waals surface area (Å²) in [5, 5.41) is 19.5. The number of carbonyl (C=O) groups is 2. The molecule has 0 unspecified atom stereocenters. The minimum absolute atomic E-state index is 0.112. The second-order valence-corrected chi connectivity index (χ2v) is 17.4. The van der Waals surface area contributed by atoms with E-state index in [1.165, 1.54) is 6.07 Å². The number of benzene rings is 2. The molecule has 3 fully saturated rings. The van der Waals surface area contributed by atoms with Crippen LogP contribution in [0.4, 0.5) is 10.1 Å². The number of unbranched alkanes of at least 4 members (excludes halogenated alkanes) is 1. The Hall–Kier alpha value is -4.18. The molecule has 3 heterocycles.